The molecule has 3 aromatic carbocycles. The molecule has 1 fully saturated rings. The first-order chi connectivity index (χ1) is 17.9. The predicted molar refractivity (Wildman–Crippen MR) is 143 cm³/mol. The first-order valence-corrected chi connectivity index (χ1v) is 12.3. The van der Waals surface area contributed by atoms with Crippen molar-refractivity contribution >= 4 is 29.6 Å². The first-order valence-electron chi connectivity index (χ1n) is 12.3. The van der Waals surface area contributed by atoms with Crippen LogP contribution in [0.3, 0.4) is 0 Å². The Morgan fingerprint density at radius 3 is 2.19 bits per heavy atom. The van der Waals surface area contributed by atoms with Crippen LogP contribution in [0.1, 0.15) is 42.0 Å². The van der Waals surface area contributed by atoms with Crippen molar-refractivity contribution in [2.45, 2.75) is 40.2 Å². The summed E-state index contributed by atoms with van der Waals surface area (Å²) in [5.74, 6) is -0.115. The molecule has 1 heterocycles. The van der Waals surface area contributed by atoms with Crippen LogP contribution in [0, 0.1) is 13.8 Å². The zero-order chi connectivity index (χ0) is 26.4. The fourth-order valence-electron chi connectivity index (χ4n) is 3.80. The largest absolute Gasteiger partial charge is 0.494 e. The number of barbiturate groups is 1. The number of unbranched alkanes of at least 4 members (excludes halogenated alkanes) is 1. The summed E-state index contributed by atoms with van der Waals surface area (Å²) >= 11 is 0. The first kappa shape index (κ1) is 25.7. The van der Waals surface area contributed by atoms with E-state index in [4.69, 9.17) is 9.47 Å². The van der Waals surface area contributed by atoms with E-state index in [9.17, 15) is 14.4 Å². The molecule has 1 aliphatic heterocycles. The summed E-state index contributed by atoms with van der Waals surface area (Å²) in [7, 11) is 0. The van der Waals surface area contributed by atoms with E-state index in [1.807, 2.05) is 6.07 Å². The molecule has 4 amide bonds. The number of carbonyl (C=O) groups is 3. The van der Waals surface area contributed by atoms with Crippen LogP contribution < -0.4 is 19.7 Å². The summed E-state index contributed by atoms with van der Waals surface area (Å²) in [4.78, 5) is 39.1. The molecule has 1 aliphatic rings. The molecule has 4 rings (SSSR count). The van der Waals surface area contributed by atoms with E-state index in [0.29, 0.717) is 36.0 Å². The van der Waals surface area contributed by atoms with Gasteiger partial charge in [-0.15, -0.1) is 0 Å². The lowest BCUT2D eigenvalue weighted by Gasteiger charge is -2.26. The predicted octanol–water partition coefficient (Wildman–Crippen LogP) is 5.73. The molecule has 0 radical (unpaired) electrons. The molecule has 0 atom stereocenters. The Bertz CT molecular complexity index is 1330. The second kappa shape index (κ2) is 11.6. The fourth-order valence-corrected chi connectivity index (χ4v) is 3.80. The van der Waals surface area contributed by atoms with E-state index in [-0.39, 0.29) is 5.57 Å². The van der Waals surface area contributed by atoms with Gasteiger partial charge >= 0.3 is 6.03 Å². The molecule has 1 N–H and O–H groups in total. The molecule has 0 aromatic heterocycles. The van der Waals surface area contributed by atoms with Gasteiger partial charge < -0.3 is 9.47 Å². The molecule has 0 spiro atoms. The van der Waals surface area contributed by atoms with E-state index < -0.39 is 17.8 Å². The number of carbonyl (C=O) groups excluding carboxylic acids is 3. The highest BCUT2D eigenvalue weighted by Gasteiger charge is 2.36. The molecule has 7 heteroatoms. The van der Waals surface area contributed by atoms with Gasteiger partial charge in [0.25, 0.3) is 11.8 Å². The quantitative estimate of drug-likeness (QED) is 0.231. The number of nitrogens with one attached hydrogen (secondary N) is 1. The van der Waals surface area contributed by atoms with Crippen LogP contribution in [0.2, 0.25) is 0 Å². The lowest BCUT2D eigenvalue weighted by molar-refractivity contribution is -0.122. The topological polar surface area (TPSA) is 84.9 Å². The number of ether oxygens (including phenoxy) is 2. The highest BCUT2D eigenvalue weighted by atomic mass is 16.5. The molecular weight excluding hydrogens is 468 g/mol. The number of rotatable bonds is 9. The SMILES string of the molecule is CCCCOc1ccc(N2C(=O)NC(=O)/C(=C/c3ccc(OCc4ccc(C)c(C)c4)cc3)C2=O)cc1. The van der Waals surface area contributed by atoms with E-state index in [1.54, 1.807) is 48.5 Å². The standard InChI is InChI=1S/C30H30N2O5/c1-4-5-16-36-25-14-10-24(11-15-25)32-29(34)27(28(33)31-30(32)35)18-22-8-12-26(13-9-22)37-19-23-7-6-20(2)21(3)17-23/h6-15,17-18H,4-5,16,19H2,1-3H3,(H,31,33,35)/b27-18-. The van der Waals surface area contributed by atoms with Crippen molar-refractivity contribution in [3.8, 4) is 11.5 Å². The van der Waals surface area contributed by atoms with Crippen molar-refractivity contribution in [2.24, 2.45) is 0 Å². The van der Waals surface area contributed by atoms with Crippen LogP contribution in [-0.2, 0) is 16.2 Å². The minimum atomic E-state index is -0.790. The van der Waals surface area contributed by atoms with Gasteiger partial charge in [-0.3, -0.25) is 14.9 Å². The molecule has 0 aliphatic carbocycles. The Morgan fingerprint density at radius 2 is 1.51 bits per heavy atom. The third-order valence-corrected chi connectivity index (χ3v) is 6.13. The summed E-state index contributed by atoms with van der Waals surface area (Å²) in [6.07, 6.45) is 3.42. The fraction of sp³-hybridized carbons (Fsp3) is 0.233. The van der Waals surface area contributed by atoms with Crippen molar-refractivity contribution < 1.29 is 23.9 Å². The van der Waals surface area contributed by atoms with Crippen molar-refractivity contribution in [2.75, 3.05) is 11.5 Å². The Morgan fingerprint density at radius 1 is 0.838 bits per heavy atom. The zero-order valence-corrected chi connectivity index (χ0v) is 21.2. The number of imide groups is 2. The summed E-state index contributed by atoms with van der Waals surface area (Å²) in [6.45, 7) is 7.24. The maximum atomic E-state index is 13.1. The van der Waals surface area contributed by atoms with Gasteiger partial charge in [0.05, 0.1) is 12.3 Å². The van der Waals surface area contributed by atoms with Crippen LogP contribution in [0.4, 0.5) is 10.5 Å². The van der Waals surface area contributed by atoms with Crippen molar-refractivity contribution in [3.05, 3.63) is 94.6 Å². The summed E-state index contributed by atoms with van der Waals surface area (Å²) < 4.78 is 11.5. The highest BCUT2D eigenvalue weighted by Crippen LogP contribution is 2.25. The number of hydrogen-bond acceptors (Lipinski definition) is 5. The van der Waals surface area contributed by atoms with Gasteiger partial charge in [0.15, 0.2) is 0 Å². The Kier molecular flexibility index (Phi) is 8.03. The highest BCUT2D eigenvalue weighted by molar-refractivity contribution is 6.39. The maximum absolute atomic E-state index is 13.1. The van der Waals surface area contributed by atoms with Crippen molar-refractivity contribution in [3.63, 3.8) is 0 Å². The van der Waals surface area contributed by atoms with E-state index in [1.165, 1.54) is 17.2 Å². The van der Waals surface area contributed by atoms with Crippen LogP contribution in [0.15, 0.2) is 72.3 Å². The summed E-state index contributed by atoms with van der Waals surface area (Å²) in [5, 5.41) is 2.25. The lowest BCUT2D eigenvalue weighted by atomic mass is 10.1. The van der Waals surface area contributed by atoms with Gasteiger partial charge in [0, 0.05) is 0 Å². The molecule has 0 bridgehead atoms. The maximum Gasteiger partial charge on any atom is 0.335 e. The Hall–Kier alpha value is -4.39. The van der Waals surface area contributed by atoms with Gasteiger partial charge in [0.2, 0.25) is 0 Å². The third-order valence-electron chi connectivity index (χ3n) is 6.13. The molecule has 1 saturated heterocycles. The second-order valence-electron chi connectivity index (χ2n) is 8.93. The van der Waals surface area contributed by atoms with Crippen LogP contribution in [0.25, 0.3) is 6.08 Å². The number of hydrogen-bond donors (Lipinski definition) is 1. The molecule has 190 valence electrons. The lowest BCUT2D eigenvalue weighted by Crippen LogP contribution is -2.54. The number of urea groups is 1. The number of anilines is 1. The minimum absolute atomic E-state index is 0.133. The zero-order valence-electron chi connectivity index (χ0n) is 21.2. The van der Waals surface area contributed by atoms with Crippen molar-refractivity contribution in [1.82, 2.24) is 5.32 Å². The Labute approximate surface area is 216 Å². The van der Waals surface area contributed by atoms with E-state index in [2.05, 4.69) is 38.2 Å². The number of aryl methyl sites for hydroxylation is 2. The monoisotopic (exact) mass is 498 g/mol. The smallest absolute Gasteiger partial charge is 0.335 e. The molecular formula is C30H30N2O5. The van der Waals surface area contributed by atoms with Gasteiger partial charge in [-0.25, -0.2) is 9.69 Å². The van der Waals surface area contributed by atoms with Gasteiger partial charge in [-0.05, 0) is 85.0 Å². The van der Waals surface area contributed by atoms with Crippen LogP contribution in [-0.4, -0.2) is 24.5 Å². The van der Waals surface area contributed by atoms with Gasteiger partial charge in [-0.2, -0.15) is 0 Å². The summed E-state index contributed by atoms with van der Waals surface area (Å²) in [5.41, 5.74) is 4.36. The average molecular weight is 499 g/mol. The minimum Gasteiger partial charge on any atom is -0.494 e. The van der Waals surface area contributed by atoms with Gasteiger partial charge in [-0.1, -0.05) is 43.7 Å². The number of nitrogens with zero attached hydrogens (tertiary/aromatic N) is 1. The van der Waals surface area contributed by atoms with Crippen LogP contribution in [0.5, 0.6) is 11.5 Å². The molecule has 3 aromatic rings. The van der Waals surface area contributed by atoms with E-state index in [0.717, 1.165) is 23.3 Å². The molecule has 37 heavy (non-hydrogen) atoms. The number of amides is 4. The Balaban J connectivity index is 1.46. The third kappa shape index (κ3) is 6.25. The average Bonchev–Trinajstić information content (AvgIpc) is 2.89. The molecule has 7 nitrogen and oxygen atoms in total. The van der Waals surface area contributed by atoms with E-state index >= 15 is 0 Å². The van der Waals surface area contributed by atoms with Crippen LogP contribution >= 0.6 is 0 Å². The van der Waals surface area contributed by atoms with Crippen molar-refractivity contribution in [1.29, 1.82) is 0 Å². The molecule has 0 unspecified atom stereocenters. The normalized spacial score (nSPS) is 14.6. The molecule has 0 saturated carbocycles. The second-order valence-corrected chi connectivity index (χ2v) is 8.93. The van der Waals surface area contributed by atoms with Gasteiger partial charge in [0.1, 0.15) is 23.7 Å². The summed E-state index contributed by atoms with van der Waals surface area (Å²) in [6, 6.07) is 19.1. The number of benzene rings is 3.